The average molecular weight is 186 g/mol. The number of aromatic nitrogens is 2. The molecule has 14 heavy (non-hydrogen) atoms. The molecule has 1 aromatic carbocycles. The highest BCUT2D eigenvalue weighted by atomic mass is 14.8. The fraction of sp³-hybridized carbons (Fsp3) is 0. The van der Waals surface area contributed by atoms with Gasteiger partial charge in [-0.3, -0.25) is 0 Å². The maximum atomic E-state index is 5.80. The summed E-state index contributed by atoms with van der Waals surface area (Å²) in [5, 5.41) is 2.05. The molecule has 4 heteroatoms. The lowest BCUT2D eigenvalue weighted by atomic mass is 10.1. The second-order valence-electron chi connectivity index (χ2n) is 3.40. The molecule has 6 N–H and O–H groups in total. The Balaban J connectivity index is 2.62. The quantitative estimate of drug-likeness (QED) is 0.431. The van der Waals surface area contributed by atoms with Gasteiger partial charge in [-0.25, -0.2) is 0 Å². The zero-order valence-electron chi connectivity index (χ0n) is 7.46. The predicted octanol–water partition coefficient (Wildman–Crippen LogP) is 1.81. The summed E-state index contributed by atoms with van der Waals surface area (Å²) in [7, 11) is 0. The number of nitrogens with two attached hydrogens (primary N) is 2. The lowest BCUT2D eigenvalue weighted by Gasteiger charge is -1.94. The topological polar surface area (TPSA) is 83.6 Å². The number of H-pyrrole nitrogens is 2. The normalized spacial score (nSPS) is 11.4. The van der Waals surface area contributed by atoms with E-state index in [1.165, 1.54) is 0 Å². The van der Waals surface area contributed by atoms with E-state index in [1.807, 2.05) is 12.1 Å². The number of fused-ring (bicyclic) bond motifs is 3. The fourth-order valence-corrected chi connectivity index (χ4v) is 1.84. The summed E-state index contributed by atoms with van der Waals surface area (Å²) in [6.07, 6.45) is 3.59. The van der Waals surface area contributed by atoms with E-state index in [9.17, 15) is 0 Å². The van der Waals surface area contributed by atoms with Crippen LogP contribution >= 0.6 is 0 Å². The van der Waals surface area contributed by atoms with Gasteiger partial charge in [-0.05, 0) is 12.1 Å². The minimum atomic E-state index is 0.759. The minimum absolute atomic E-state index is 0.759. The highest BCUT2D eigenvalue weighted by Gasteiger charge is 2.07. The Kier molecular flexibility index (Phi) is 1.16. The molecule has 0 fully saturated rings. The number of hydrogen-bond acceptors (Lipinski definition) is 2. The van der Waals surface area contributed by atoms with Gasteiger partial charge in [-0.15, -0.1) is 0 Å². The van der Waals surface area contributed by atoms with Crippen molar-refractivity contribution in [1.29, 1.82) is 0 Å². The average Bonchev–Trinajstić information content (AvgIpc) is 2.72. The van der Waals surface area contributed by atoms with Gasteiger partial charge in [-0.1, -0.05) is 0 Å². The first-order valence-corrected chi connectivity index (χ1v) is 4.39. The molecule has 0 amide bonds. The second-order valence-corrected chi connectivity index (χ2v) is 3.40. The van der Waals surface area contributed by atoms with Gasteiger partial charge in [0.15, 0.2) is 0 Å². The van der Waals surface area contributed by atoms with Crippen molar-refractivity contribution in [3.05, 3.63) is 24.5 Å². The molecule has 0 radical (unpaired) electrons. The van der Waals surface area contributed by atoms with Crippen LogP contribution < -0.4 is 11.5 Å². The van der Waals surface area contributed by atoms with Crippen molar-refractivity contribution in [2.24, 2.45) is 0 Å². The van der Waals surface area contributed by atoms with Crippen LogP contribution in [0.3, 0.4) is 0 Å². The van der Waals surface area contributed by atoms with Crippen molar-refractivity contribution in [1.82, 2.24) is 9.97 Å². The highest BCUT2D eigenvalue weighted by molar-refractivity contribution is 6.11. The SMILES string of the molecule is Nc1c[nH]c2c1ccc1c(N)c[nH]c12. The molecule has 0 aliphatic carbocycles. The smallest absolute Gasteiger partial charge is 0.0721 e. The molecule has 0 saturated carbocycles. The molecule has 4 nitrogen and oxygen atoms in total. The minimum Gasteiger partial charge on any atom is -0.397 e. The maximum absolute atomic E-state index is 5.80. The molecule has 2 aromatic heterocycles. The first-order valence-electron chi connectivity index (χ1n) is 4.39. The Bertz CT molecular complexity index is 562. The lowest BCUT2D eigenvalue weighted by Crippen LogP contribution is -1.81. The van der Waals surface area contributed by atoms with E-state index in [-0.39, 0.29) is 0 Å². The van der Waals surface area contributed by atoms with Crippen molar-refractivity contribution in [2.45, 2.75) is 0 Å². The van der Waals surface area contributed by atoms with Gasteiger partial charge in [0.05, 0.1) is 22.4 Å². The Morgan fingerprint density at radius 1 is 0.786 bits per heavy atom. The number of anilines is 2. The number of benzene rings is 1. The number of rotatable bonds is 0. The summed E-state index contributed by atoms with van der Waals surface area (Å²) >= 11 is 0. The van der Waals surface area contributed by atoms with Crippen LogP contribution in [-0.2, 0) is 0 Å². The lowest BCUT2D eigenvalue weighted by molar-refractivity contribution is 1.44. The first kappa shape index (κ1) is 7.32. The van der Waals surface area contributed by atoms with Gasteiger partial charge in [0, 0.05) is 23.2 Å². The van der Waals surface area contributed by atoms with E-state index in [4.69, 9.17) is 11.5 Å². The molecule has 0 aliphatic heterocycles. The standard InChI is InChI=1S/C10H10N4/c11-7-3-13-9-5(7)1-2-6-8(12)4-14-10(6)9/h1-4,13-14H,11-12H2. The molecule has 0 unspecified atom stereocenters. The van der Waals surface area contributed by atoms with E-state index in [2.05, 4.69) is 9.97 Å². The molecular formula is C10H10N4. The van der Waals surface area contributed by atoms with Crippen LogP contribution in [0.2, 0.25) is 0 Å². The van der Waals surface area contributed by atoms with E-state index < -0.39 is 0 Å². The zero-order valence-corrected chi connectivity index (χ0v) is 7.46. The monoisotopic (exact) mass is 186 g/mol. The third-order valence-electron chi connectivity index (χ3n) is 2.57. The molecule has 0 saturated heterocycles. The van der Waals surface area contributed by atoms with Gasteiger partial charge in [0.1, 0.15) is 0 Å². The molecule has 3 rings (SSSR count). The van der Waals surface area contributed by atoms with Gasteiger partial charge < -0.3 is 21.4 Å². The Hall–Kier alpha value is -2.10. The highest BCUT2D eigenvalue weighted by Crippen LogP contribution is 2.30. The Morgan fingerprint density at radius 3 is 1.64 bits per heavy atom. The number of nitrogens with one attached hydrogen (secondary N) is 2. The summed E-state index contributed by atoms with van der Waals surface area (Å²) in [6.45, 7) is 0. The first-order chi connectivity index (χ1) is 6.77. The molecule has 3 aromatic rings. The number of hydrogen-bond donors (Lipinski definition) is 4. The molecular weight excluding hydrogens is 176 g/mol. The molecule has 70 valence electrons. The Labute approximate surface area is 79.9 Å². The van der Waals surface area contributed by atoms with E-state index in [0.717, 1.165) is 33.2 Å². The largest absolute Gasteiger partial charge is 0.397 e. The molecule has 0 spiro atoms. The summed E-state index contributed by atoms with van der Waals surface area (Å²) in [5.41, 5.74) is 15.1. The van der Waals surface area contributed by atoms with Gasteiger partial charge in [-0.2, -0.15) is 0 Å². The van der Waals surface area contributed by atoms with E-state index in [1.54, 1.807) is 12.4 Å². The van der Waals surface area contributed by atoms with E-state index >= 15 is 0 Å². The summed E-state index contributed by atoms with van der Waals surface area (Å²) in [4.78, 5) is 6.26. The van der Waals surface area contributed by atoms with Crippen molar-refractivity contribution in [3.63, 3.8) is 0 Å². The van der Waals surface area contributed by atoms with Crippen molar-refractivity contribution in [2.75, 3.05) is 11.5 Å². The van der Waals surface area contributed by atoms with Crippen molar-refractivity contribution >= 4 is 33.2 Å². The zero-order chi connectivity index (χ0) is 9.71. The molecule has 0 aliphatic rings. The van der Waals surface area contributed by atoms with Gasteiger partial charge in [0.25, 0.3) is 0 Å². The van der Waals surface area contributed by atoms with Crippen LogP contribution in [0.4, 0.5) is 11.4 Å². The Morgan fingerprint density at radius 2 is 1.21 bits per heavy atom. The van der Waals surface area contributed by atoms with Crippen LogP contribution in [-0.4, -0.2) is 9.97 Å². The number of aromatic amines is 2. The van der Waals surface area contributed by atoms with Crippen LogP contribution in [0.15, 0.2) is 24.5 Å². The van der Waals surface area contributed by atoms with Crippen molar-refractivity contribution in [3.8, 4) is 0 Å². The second kappa shape index (κ2) is 2.23. The summed E-state index contributed by atoms with van der Waals surface area (Å²) in [5.74, 6) is 0. The van der Waals surface area contributed by atoms with Crippen LogP contribution in [0, 0.1) is 0 Å². The van der Waals surface area contributed by atoms with Crippen LogP contribution in [0.1, 0.15) is 0 Å². The van der Waals surface area contributed by atoms with E-state index in [0.29, 0.717) is 0 Å². The van der Waals surface area contributed by atoms with Gasteiger partial charge in [0.2, 0.25) is 0 Å². The molecule has 2 heterocycles. The van der Waals surface area contributed by atoms with Crippen molar-refractivity contribution < 1.29 is 0 Å². The summed E-state index contributed by atoms with van der Waals surface area (Å²) < 4.78 is 0. The van der Waals surface area contributed by atoms with Gasteiger partial charge >= 0.3 is 0 Å². The maximum Gasteiger partial charge on any atom is 0.0721 e. The predicted molar refractivity (Wildman–Crippen MR) is 59.0 cm³/mol. The number of nitrogen functional groups attached to an aromatic ring is 2. The van der Waals surface area contributed by atoms with Crippen LogP contribution in [0.5, 0.6) is 0 Å². The third-order valence-corrected chi connectivity index (χ3v) is 2.57. The van der Waals surface area contributed by atoms with Crippen LogP contribution in [0.25, 0.3) is 21.8 Å². The molecule has 0 atom stereocenters. The fourth-order valence-electron chi connectivity index (χ4n) is 1.84. The summed E-state index contributed by atoms with van der Waals surface area (Å²) in [6, 6.07) is 3.96. The molecule has 0 bridgehead atoms. The third kappa shape index (κ3) is 0.724.